The molecule has 0 fully saturated rings. The van der Waals surface area contributed by atoms with Crippen molar-refractivity contribution >= 4 is 34.3 Å². The molecule has 1 aromatic heterocycles. The highest BCUT2D eigenvalue weighted by Crippen LogP contribution is 2.26. The Hall–Kier alpha value is -2.33. The van der Waals surface area contributed by atoms with Gasteiger partial charge in [-0.05, 0) is 55.5 Å². The maximum atomic E-state index is 12.5. The second-order valence-corrected chi connectivity index (χ2v) is 7.54. The summed E-state index contributed by atoms with van der Waals surface area (Å²) in [4.78, 5) is 17.2. The number of para-hydroxylation sites is 2. The zero-order valence-electron chi connectivity index (χ0n) is 15.7. The van der Waals surface area contributed by atoms with Crippen molar-refractivity contribution < 1.29 is 4.79 Å². The van der Waals surface area contributed by atoms with E-state index in [1.807, 2.05) is 19.1 Å². The number of hydrogen-bond donors (Lipinski definition) is 1. The van der Waals surface area contributed by atoms with Gasteiger partial charge in [0.1, 0.15) is 0 Å². The number of benzene rings is 2. The Morgan fingerprint density at radius 2 is 1.77 bits per heavy atom. The highest BCUT2D eigenvalue weighted by atomic mass is 32.2. The molecule has 1 heterocycles. The Kier molecular flexibility index (Phi) is 5.62. The fourth-order valence-electron chi connectivity index (χ4n) is 3.12. The van der Waals surface area contributed by atoms with Gasteiger partial charge in [0, 0.05) is 11.1 Å². The summed E-state index contributed by atoms with van der Waals surface area (Å²) in [5, 5.41) is 5.14. The molecule has 0 aliphatic carbocycles. The fourth-order valence-corrected chi connectivity index (χ4v) is 3.89. The quantitative estimate of drug-likeness (QED) is 0.612. The number of anilines is 1. The number of thioether (sulfide) groups is 1. The molecule has 0 atom stereocenters. The molecular formula is C22H24N2OS. The lowest BCUT2D eigenvalue weighted by Crippen LogP contribution is -2.16. The molecule has 0 aliphatic heterocycles. The average Bonchev–Trinajstić information content (AvgIpc) is 2.62. The number of pyridine rings is 1. The van der Waals surface area contributed by atoms with E-state index in [2.05, 4.69) is 56.4 Å². The number of fused-ring (bicyclic) bond motifs is 1. The van der Waals surface area contributed by atoms with E-state index < -0.39 is 0 Å². The van der Waals surface area contributed by atoms with Crippen molar-refractivity contribution in [3.05, 3.63) is 64.7 Å². The SMILES string of the molecule is CCc1cccc(C)c1NC(=O)CSc1cc(C)c2cccc(C)c2n1. The van der Waals surface area contributed by atoms with Crippen molar-refractivity contribution in [2.45, 2.75) is 39.1 Å². The van der Waals surface area contributed by atoms with Crippen LogP contribution in [-0.4, -0.2) is 16.6 Å². The first kappa shape index (κ1) is 18.5. The second kappa shape index (κ2) is 7.92. The van der Waals surface area contributed by atoms with Crippen LogP contribution in [-0.2, 0) is 11.2 Å². The lowest BCUT2D eigenvalue weighted by atomic mass is 10.1. The summed E-state index contributed by atoms with van der Waals surface area (Å²) in [5.41, 5.74) is 6.57. The lowest BCUT2D eigenvalue weighted by Gasteiger charge is -2.13. The summed E-state index contributed by atoms with van der Waals surface area (Å²) >= 11 is 1.48. The third-order valence-corrected chi connectivity index (χ3v) is 5.49. The van der Waals surface area contributed by atoms with Gasteiger partial charge in [0.25, 0.3) is 0 Å². The molecule has 134 valence electrons. The van der Waals surface area contributed by atoms with Crippen LogP contribution in [0.3, 0.4) is 0 Å². The highest BCUT2D eigenvalue weighted by Gasteiger charge is 2.11. The number of rotatable bonds is 5. The molecule has 0 bridgehead atoms. The van der Waals surface area contributed by atoms with Gasteiger partial charge in [-0.1, -0.05) is 55.1 Å². The van der Waals surface area contributed by atoms with E-state index in [1.165, 1.54) is 28.3 Å². The molecule has 0 unspecified atom stereocenters. The Balaban J connectivity index is 1.74. The van der Waals surface area contributed by atoms with Gasteiger partial charge < -0.3 is 5.32 Å². The molecule has 1 amide bonds. The molecule has 0 saturated carbocycles. The molecule has 0 saturated heterocycles. The topological polar surface area (TPSA) is 42.0 Å². The largest absolute Gasteiger partial charge is 0.325 e. The van der Waals surface area contributed by atoms with Crippen LogP contribution < -0.4 is 5.32 Å². The molecule has 3 nitrogen and oxygen atoms in total. The number of nitrogens with zero attached hydrogens (tertiary/aromatic N) is 1. The maximum Gasteiger partial charge on any atom is 0.234 e. The first-order valence-corrected chi connectivity index (χ1v) is 9.86. The van der Waals surface area contributed by atoms with E-state index in [9.17, 15) is 4.79 Å². The van der Waals surface area contributed by atoms with Crippen LogP contribution in [0.15, 0.2) is 47.5 Å². The van der Waals surface area contributed by atoms with Crippen molar-refractivity contribution in [3.63, 3.8) is 0 Å². The molecule has 3 aromatic rings. The number of hydrogen-bond acceptors (Lipinski definition) is 3. The van der Waals surface area contributed by atoms with E-state index >= 15 is 0 Å². The summed E-state index contributed by atoms with van der Waals surface area (Å²) in [5.74, 6) is 0.352. The predicted octanol–water partition coefficient (Wildman–Crippen LogP) is 5.45. The van der Waals surface area contributed by atoms with Crippen molar-refractivity contribution in [1.82, 2.24) is 4.98 Å². The fraction of sp³-hybridized carbons (Fsp3) is 0.273. The minimum atomic E-state index is 0.00309. The third-order valence-electron chi connectivity index (χ3n) is 4.58. The Bertz CT molecular complexity index is 966. The monoisotopic (exact) mass is 364 g/mol. The molecule has 1 N–H and O–H groups in total. The standard InChI is InChI=1S/C22H24N2OS/c1-5-17-10-6-8-14(2)21(17)23-19(25)13-26-20-12-16(4)18-11-7-9-15(3)22(18)24-20/h6-12H,5,13H2,1-4H3,(H,23,25). The molecular weight excluding hydrogens is 340 g/mol. The van der Waals surface area contributed by atoms with Gasteiger partial charge in [0.2, 0.25) is 5.91 Å². The number of aryl methyl sites for hydroxylation is 4. The van der Waals surface area contributed by atoms with E-state index in [4.69, 9.17) is 4.98 Å². The van der Waals surface area contributed by atoms with Gasteiger partial charge in [0.05, 0.1) is 16.3 Å². The zero-order chi connectivity index (χ0) is 18.7. The van der Waals surface area contributed by atoms with Gasteiger partial charge in [-0.15, -0.1) is 0 Å². The van der Waals surface area contributed by atoms with Crippen LogP contribution in [0.5, 0.6) is 0 Å². The Morgan fingerprint density at radius 1 is 1.04 bits per heavy atom. The number of carbonyl (C=O) groups is 1. The molecule has 0 radical (unpaired) electrons. The molecule has 2 aromatic carbocycles. The van der Waals surface area contributed by atoms with Crippen molar-refractivity contribution in [1.29, 1.82) is 0 Å². The van der Waals surface area contributed by atoms with Crippen molar-refractivity contribution in [2.75, 3.05) is 11.1 Å². The van der Waals surface area contributed by atoms with Crippen LogP contribution in [0.1, 0.15) is 29.2 Å². The predicted molar refractivity (Wildman–Crippen MR) is 111 cm³/mol. The van der Waals surface area contributed by atoms with Crippen LogP contribution >= 0.6 is 11.8 Å². The number of carbonyl (C=O) groups excluding carboxylic acids is 1. The number of amides is 1. The Labute approximate surface area is 159 Å². The summed E-state index contributed by atoms with van der Waals surface area (Å²) in [6.07, 6.45) is 0.898. The van der Waals surface area contributed by atoms with E-state index in [1.54, 1.807) is 0 Å². The number of aromatic nitrogens is 1. The summed E-state index contributed by atoms with van der Waals surface area (Å²) < 4.78 is 0. The van der Waals surface area contributed by atoms with Gasteiger partial charge >= 0.3 is 0 Å². The molecule has 4 heteroatoms. The third kappa shape index (κ3) is 3.91. The average molecular weight is 365 g/mol. The highest BCUT2D eigenvalue weighted by molar-refractivity contribution is 7.99. The van der Waals surface area contributed by atoms with Gasteiger partial charge in [0.15, 0.2) is 0 Å². The molecule has 0 spiro atoms. The smallest absolute Gasteiger partial charge is 0.234 e. The second-order valence-electron chi connectivity index (χ2n) is 6.55. The Morgan fingerprint density at radius 3 is 2.54 bits per heavy atom. The number of nitrogens with one attached hydrogen (secondary N) is 1. The minimum Gasteiger partial charge on any atom is -0.325 e. The first-order valence-electron chi connectivity index (χ1n) is 8.87. The lowest BCUT2D eigenvalue weighted by molar-refractivity contribution is -0.113. The molecule has 3 rings (SSSR count). The van der Waals surface area contributed by atoms with Crippen LogP contribution in [0.2, 0.25) is 0 Å². The van der Waals surface area contributed by atoms with E-state index in [-0.39, 0.29) is 5.91 Å². The normalized spacial score (nSPS) is 10.9. The van der Waals surface area contributed by atoms with Crippen LogP contribution in [0.25, 0.3) is 10.9 Å². The van der Waals surface area contributed by atoms with Crippen molar-refractivity contribution in [3.8, 4) is 0 Å². The summed E-state index contributed by atoms with van der Waals surface area (Å²) in [7, 11) is 0. The van der Waals surface area contributed by atoms with E-state index in [0.717, 1.165) is 33.8 Å². The maximum absolute atomic E-state index is 12.5. The van der Waals surface area contributed by atoms with Crippen LogP contribution in [0.4, 0.5) is 5.69 Å². The summed E-state index contributed by atoms with van der Waals surface area (Å²) in [6, 6.07) is 14.4. The van der Waals surface area contributed by atoms with Gasteiger partial charge in [-0.25, -0.2) is 4.98 Å². The van der Waals surface area contributed by atoms with Gasteiger partial charge in [-0.3, -0.25) is 4.79 Å². The minimum absolute atomic E-state index is 0.00309. The first-order chi connectivity index (χ1) is 12.5. The van der Waals surface area contributed by atoms with E-state index in [0.29, 0.717) is 5.75 Å². The van der Waals surface area contributed by atoms with Gasteiger partial charge in [-0.2, -0.15) is 0 Å². The van der Waals surface area contributed by atoms with Crippen LogP contribution in [0, 0.1) is 20.8 Å². The zero-order valence-corrected chi connectivity index (χ0v) is 16.5. The molecule has 0 aliphatic rings. The molecule has 26 heavy (non-hydrogen) atoms. The summed E-state index contributed by atoms with van der Waals surface area (Å²) in [6.45, 7) is 8.29. The van der Waals surface area contributed by atoms with Crippen molar-refractivity contribution in [2.24, 2.45) is 0 Å².